The summed E-state index contributed by atoms with van der Waals surface area (Å²) in [6.07, 6.45) is 2.65. The van der Waals surface area contributed by atoms with E-state index in [1.807, 2.05) is 48.5 Å². The standard InChI is InChI=1S/C24H24N4O4/c29-20(25-14-16-7-9-18(10-8-16)27-13-3-6-21(27)30)15-28-22(31)24(26-23(28)32)12-11-17-4-1-2-5-19(17)24/h1-2,4-5,7-10H,3,6,11-15H2,(H,25,29)(H,26,32). The van der Waals surface area contributed by atoms with Gasteiger partial charge in [-0.3, -0.25) is 19.3 Å². The lowest BCUT2D eigenvalue weighted by atomic mass is 9.92. The second-order valence-corrected chi connectivity index (χ2v) is 8.48. The van der Waals surface area contributed by atoms with Gasteiger partial charge in [-0.15, -0.1) is 0 Å². The van der Waals surface area contributed by atoms with Crippen LogP contribution < -0.4 is 15.5 Å². The number of rotatable bonds is 5. The van der Waals surface area contributed by atoms with E-state index in [9.17, 15) is 19.2 Å². The first-order valence-corrected chi connectivity index (χ1v) is 10.9. The third-order valence-corrected chi connectivity index (χ3v) is 6.54. The number of hydrogen-bond acceptors (Lipinski definition) is 4. The van der Waals surface area contributed by atoms with Crippen LogP contribution in [0.4, 0.5) is 10.5 Å². The number of carbonyl (C=O) groups excluding carboxylic acids is 4. The average Bonchev–Trinajstić information content (AvgIpc) is 3.46. The molecule has 5 amide bonds. The number of amides is 5. The molecule has 3 aliphatic rings. The summed E-state index contributed by atoms with van der Waals surface area (Å²) in [6, 6.07) is 14.5. The average molecular weight is 432 g/mol. The van der Waals surface area contributed by atoms with Gasteiger partial charge in [0.15, 0.2) is 0 Å². The highest BCUT2D eigenvalue weighted by molar-refractivity contribution is 6.09. The van der Waals surface area contributed by atoms with Crippen LogP contribution in [0, 0.1) is 0 Å². The van der Waals surface area contributed by atoms with Crippen molar-refractivity contribution >= 4 is 29.4 Å². The molecule has 2 heterocycles. The molecule has 0 aromatic heterocycles. The Bertz CT molecular complexity index is 1110. The number of imide groups is 1. The number of anilines is 1. The molecule has 1 spiro atoms. The molecule has 2 aromatic carbocycles. The summed E-state index contributed by atoms with van der Waals surface area (Å²) >= 11 is 0. The summed E-state index contributed by atoms with van der Waals surface area (Å²) in [5, 5.41) is 5.60. The van der Waals surface area contributed by atoms with E-state index in [1.165, 1.54) is 0 Å². The number of hydrogen-bond donors (Lipinski definition) is 2. The molecule has 32 heavy (non-hydrogen) atoms. The Morgan fingerprint density at radius 3 is 2.56 bits per heavy atom. The Kier molecular flexibility index (Phi) is 4.92. The van der Waals surface area contributed by atoms with Crippen molar-refractivity contribution < 1.29 is 19.2 Å². The lowest BCUT2D eigenvalue weighted by Crippen LogP contribution is -2.43. The number of nitrogens with zero attached hydrogens (tertiary/aromatic N) is 2. The molecule has 0 bridgehead atoms. The zero-order valence-electron chi connectivity index (χ0n) is 17.6. The zero-order chi connectivity index (χ0) is 22.3. The second kappa shape index (κ2) is 7.78. The maximum Gasteiger partial charge on any atom is 0.325 e. The molecule has 0 saturated carbocycles. The Labute approximate surface area is 185 Å². The summed E-state index contributed by atoms with van der Waals surface area (Å²) in [5.41, 5.74) is 2.53. The monoisotopic (exact) mass is 432 g/mol. The summed E-state index contributed by atoms with van der Waals surface area (Å²) in [6.45, 7) is 0.673. The first-order valence-electron chi connectivity index (χ1n) is 10.9. The SMILES string of the molecule is O=C(CN1C(=O)NC2(CCc3ccccc32)C1=O)NCc1ccc(N2CCCC2=O)cc1. The van der Waals surface area contributed by atoms with E-state index in [0.717, 1.165) is 40.2 Å². The van der Waals surface area contributed by atoms with Gasteiger partial charge < -0.3 is 15.5 Å². The number of aryl methyl sites for hydroxylation is 1. The highest BCUT2D eigenvalue weighted by Crippen LogP contribution is 2.41. The first kappa shape index (κ1) is 20.2. The van der Waals surface area contributed by atoms with E-state index >= 15 is 0 Å². The van der Waals surface area contributed by atoms with Crippen molar-refractivity contribution in [2.75, 3.05) is 18.0 Å². The molecular formula is C24H24N4O4. The third-order valence-electron chi connectivity index (χ3n) is 6.54. The number of carbonyl (C=O) groups is 4. The largest absolute Gasteiger partial charge is 0.350 e. The van der Waals surface area contributed by atoms with Gasteiger partial charge in [0.2, 0.25) is 11.8 Å². The molecule has 2 saturated heterocycles. The number of benzene rings is 2. The van der Waals surface area contributed by atoms with Crippen molar-refractivity contribution in [2.24, 2.45) is 0 Å². The van der Waals surface area contributed by atoms with Crippen molar-refractivity contribution in [2.45, 2.75) is 37.8 Å². The van der Waals surface area contributed by atoms with Crippen LogP contribution in [0.25, 0.3) is 0 Å². The summed E-state index contributed by atoms with van der Waals surface area (Å²) in [7, 11) is 0. The van der Waals surface area contributed by atoms with Gasteiger partial charge in [0.1, 0.15) is 12.1 Å². The van der Waals surface area contributed by atoms with Gasteiger partial charge in [-0.2, -0.15) is 0 Å². The minimum atomic E-state index is -1.06. The van der Waals surface area contributed by atoms with E-state index in [2.05, 4.69) is 10.6 Å². The molecule has 1 atom stereocenters. The summed E-state index contributed by atoms with van der Waals surface area (Å²) in [4.78, 5) is 52.8. The van der Waals surface area contributed by atoms with Gasteiger partial charge in [0.25, 0.3) is 5.91 Å². The maximum absolute atomic E-state index is 13.1. The normalized spacial score (nSPS) is 21.9. The van der Waals surface area contributed by atoms with Gasteiger partial charge in [-0.1, -0.05) is 36.4 Å². The molecule has 0 radical (unpaired) electrons. The molecule has 5 rings (SSSR count). The van der Waals surface area contributed by atoms with Crippen LogP contribution in [-0.2, 0) is 32.9 Å². The molecular weight excluding hydrogens is 408 g/mol. The van der Waals surface area contributed by atoms with Crippen LogP contribution in [0.15, 0.2) is 48.5 Å². The van der Waals surface area contributed by atoms with Crippen molar-refractivity contribution in [3.63, 3.8) is 0 Å². The zero-order valence-corrected chi connectivity index (χ0v) is 17.6. The van der Waals surface area contributed by atoms with Crippen molar-refractivity contribution in [1.82, 2.24) is 15.5 Å². The Balaban J connectivity index is 1.20. The predicted molar refractivity (Wildman–Crippen MR) is 117 cm³/mol. The number of urea groups is 1. The van der Waals surface area contributed by atoms with Gasteiger partial charge >= 0.3 is 6.03 Å². The van der Waals surface area contributed by atoms with Gasteiger partial charge in [-0.05, 0) is 48.1 Å². The van der Waals surface area contributed by atoms with Crippen LogP contribution >= 0.6 is 0 Å². The van der Waals surface area contributed by atoms with E-state index in [4.69, 9.17) is 0 Å². The molecule has 8 nitrogen and oxygen atoms in total. The highest BCUT2D eigenvalue weighted by atomic mass is 16.2. The fraction of sp³-hybridized carbons (Fsp3) is 0.333. The molecule has 164 valence electrons. The van der Waals surface area contributed by atoms with E-state index in [-0.39, 0.29) is 24.9 Å². The number of fused-ring (bicyclic) bond motifs is 2. The van der Waals surface area contributed by atoms with Gasteiger partial charge in [0, 0.05) is 25.2 Å². The Hall–Kier alpha value is -3.68. The topological polar surface area (TPSA) is 98.8 Å². The molecule has 8 heteroatoms. The molecule has 1 aliphatic carbocycles. The first-order chi connectivity index (χ1) is 15.5. The lowest BCUT2D eigenvalue weighted by molar-refractivity contribution is -0.135. The fourth-order valence-electron chi connectivity index (χ4n) is 4.85. The summed E-state index contributed by atoms with van der Waals surface area (Å²) in [5.74, 6) is -0.653. The van der Waals surface area contributed by atoms with E-state index in [1.54, 1.807) is 4.90 Å². The van der Waals surface area contributed by atoms with Gasteiger partial charge in [0.05, 0.1) is 0 Å². The van der Waals surface area contributed by atoms with Crippen molar-refractivity contribution in [3.05, 3.63) is 65.2 Å². The number of nitrogens with one attached hydrogen (secondary N) is 2. The van der Waals surface area contributed by atoms with Crippen molar-refractivity contribution in [1.29, 1.82) is 0 Å². The smallest absolute Gasteiger partial charge is 0.325 e. The van der Waals surface area contributed by atoms with Crippen LogP contribution in [0.5, 0.6) is 0 Å². The molecule has 1 unspecified atom stereocenters. The highest BCUT2D eigenvalue weighted by Gasteiger charge is 2.55. The fourth-order valence-corrected chi connectivity index (χ4v) is 4.85. The predicted octanol–water partition coefficient (Wildman–Crippen LogP) is 1.82. The molecule has 2 aromatic rings. The van der Waals surface area contributed by atoms with Gasteiger partial charge in [-0.25, -0.2) is 4.79 Å². The van der Waals surface area contributed by atoms with Crippen LogP contribution in [0.1, 0.15) is 36.0 Å². The van der Waals surface area contributed by atoms with Crippen LogP contribution in [0.3, 0.4) is 0 Å². The maximum atomic E-state index is 13.1. The molecule has 2 N–H and O–H groups in total. The summed E-state index contributed by atoms with van der Waals surface area (Å²) < 4.78 is 0. The quantitative estimate of drug-likeness (QED) is 0.704. The molecule has 2 aliphatic heterocycles. The van der Waals surface area contributed by atoms with Crippen LogP contribution in [0.2, 0.25) is 0 Å². The third kappa shape index (κ3) is 3.32. The van der Waals surface area contributed by atoms with Crippen LogP contribution in [-0.4, -0.2) is 41.7 Å². The lowest BCUT2D eigenvalue weighted by Gasteiger charge is -2.22. The van der Waals surface area contributed by atoms with E-state index in [0.29, 0.717) is 19.3 Å². The van der Waals surface area contributed by atoms with Crippen molar-refractivity contribution in [3.8, 4) is 0 Å². The van der Waals surface area contributed by atoms with E-state index < -0.39 is 17.5 Å². The minimum Gasteiger partial charge on any atom is -0.350 e. The second-order valence-electron chi connectivity index (χ2n) is 8.48. The molecule has 2 fully saturated rings. The Morgan fingerprint density at radius 2 is 1.81 bits per heavy atom. The Morgan fingerprint density at radius 1 is 1.03 bits per heavy atom. The minimum absolute atomic E-state index is 0.127.